The van der Waals surface area contributed by atoms with Crippen LogP contribution in [0.3, 0.4) is 0 Å². The molecule has 0 amide bonds. The van der Waals surface area contributed by atoms with Crippen molar-refractivity contribution >= 4 is 38.8 Å². The van der Waals surface area contributed by atoms with Gasteiger partial charge in [0.25, 0.3) is 5.56 Å². The number of aromatic hydroxyl groups is 1. The largest absolute Gasteiger partial charge is 0.508 e. The van der Waals surface area contributed by atoms with Crippen molar-refractivity contribution in [2.24, 2.45) is 0 Å². The molecule has 1 fully saturated rings. The number of hydrogen-bond acceptors (Lipinski definition) is 6. The first-order valence-electron chi connectivity index (χ1n) is 10.1. The highest BCUT2D eigenvalue weighted by atomic mass is 35.5. The standard InChI is InChI=1S/C23H21ClN4O2S/c24-16-3-1-15(2-4-16)20-13-19-22(31-20)23(30)26-21(25-19)14-27-9-11-28(12-10-27)17-5-7-18(29)8-6-17/h1-8,13,29H,9-12,14H2,(H,25,26,30). The highest BCUT2D eigenvalue weighted by Crippen LogP contribution is 2.31. The van der Waals surface area contributed by atoms with Crippen molar-refractivity contribution in [1.82, 2.24) is 14.9 Å². The zero-order chi connectivity index (χ0) is 21.4. The van der Waals surface area contributed by atoms with Crippen LogP contribution >= 0.6 is 22.9 Å². The number of aromatic amines is 1. The molecule has 0 unspecified atom stereocenters. The molecular formula is C23H21ClN4O2S. The van der Waals surface area contributed by atoms with Gasteiger partial charge >= 0.3 is 0 Å². The maximum Gasteiger partial charge on any atom is 0.268 e. The second-order valence-corrected chi connectivity index (χ2v) is 9.11. The van der Waals surface area contributed by atoms with Crippen LogP contribution in [-0.4, -0.2) is 46.2 Å². The van der Waals surface area contributed by atoms with Crippen LogP contribution in [0.5, 0.6) is 5.75 Å². The average Bonchev–Trinajstić information content (AvgIpc) is 3.20. The number of aromatic nitrogens is 2. The number of rotatable bonds is 4. The van der Waals surface area contributed by atoms with Crippen LogP contribution in [0.2, 0.25) is 5.02 Å². The molecule has 1 aliphatic heterocycles. The van der Waals surface area contributed by atoms with Gasteiger partial charge in [-0.25, -0.2) is 4.98 Å². The monoisotopic (exact) mass is 452 g/mol. The number of hydrogen-bond donors (Lipinski definition) is 2. The van der Waals surface area contributed by atoms with E-state index < -0.39 is 0 Å². The second kappa shape index (κ2) is 8.34. The minimum Gasteiger partial charge on any atom is -0.508 e. The number of nitrogens with zero attached hydrogens (tertiary/aromatic N) is 3. The summed E-state index contributed by atoms with van der Waals surface area (Å²) in [6.45, 7) is 4.14. The molecule has 2 aromatic carbocycles. The van der Waals surface area contributed by atoms with E-state index in [1.807, 2.05) is 42.5 Å². The summed E-state index contributed by atoms with van der Waals surface area (Å²) in [7, 11) is 0. The number of H-pyrrole nitrogens is 1. The molecular weight excluding hydrogens is 432 g/mol. The first kappa shape index (κ1) is 20.1. The molecule has 0 aliphatic carbocycles. The molecule has 8 heteroatoms. The van der Waals surface area contributed by atoms with Crippen LogP contribution in [0, 0.1) is 0 Å². The maximum absolute atomic E-state index is 12.7. The Morgan fingerprint density at radius 2 is 1.74 bits per heavy atom. The molecule has 2 aromatic heterocycles. The molecule has 1 saturated heterocycles. The Kier molecular flexibility index (Phi) is 5.40. The Bertz CT molecular complexity index is 1260. The van der Waals surface area contributed by atoms with Gasteiger partial charge in [-0.05, 0) is 48.0 Å². The molecule has 1 aliphatic rings. The number of phenols is 1. The van der Waals surface area contributed by atoms with E-state index in [1.165, 1.54) is 11.3 Å². The summed E-state index contributed by atoms with van der Waals surface area (Å²) in [5, 5.41) is 10.2. The summed E-state index contributed by atoms with van der Waals surface area (Å²) in [6, 6.07) is 16.9. The van der Waals surface area contributed by atoms with Crippen molar-refractivity contribution in [3.8, 4) is 16.2 Å². The Hall–Kier alpha value is -2.87. The summed E-state index contributed by atoms with van der Waals surface area (Å²) in [5.74, 6) is 0.969. The second-order valence-electron chi connectivity index (χ2n) is 7.62. The van der Waals surface area contributed by atoms with Crippen LogP contribution in [0.1, 0.15) is 5.82 Å². The summed E-state index contributed by atoms with van der Waals surface area (Å²) in [4.78, 5) is 25.9. The first-order chi connectivity index (χ1) is 15.0. The topological polar surface area (TPSA) is 72.5 Å². The zero-order valence-electron chi connectivity index (χ0n) is 16.7. The zero-order valence-corrected chi connectivity index (χ0v) is 18.3. The number of fused-ring (bicyclic) bond motifs is 1. The lowest BCUT2D eigenvalue weighted by molar-refractivity contribution is 0.244. The van der Waals surface area contributed by atoms with E-state index in [2.05, 4.69) is 14.8 Å². The van der Waals surface area contributed by atoms with Gasteiger partial charge in [-0.2, -0.15) is 0 Å². The lowest BCUT2D eigenvalue weighted by Gasteiger charge is -2.35. The highest BCUT2D eigenvalue weighted by molar-refractivity contribution is 7.22. The van der Waals surface area contributed by atoms with E-state index in [-0.39, 0.29) is 11.3 Å². The highest BCUT2D eigenvalue weighted by Gasteiger charge is 2.19. The third-order valence-electron chi connectivity index (χ3n) is 5.52. The van der Waals surface area contributed by atoms with E-state index in [0.29, 0.717) is 22.1 Å². The molecule has 158 valence electrons. The minimum absolute atomic E-state index is 0.0899. The summed E-state index contributed by atoms with van der Waals surface area (Å²) < 4.78 is 0.644. The number of piperazine rings is 1. The smallest absolute Gasteiger partial charge is 0.268 e. The van der Waals surface area contributed by atoms with Crippen LogP contribution < -0.4 is 10.5 Å². The predicted octanol–water partition coefficient (Wildman–Crippen LogP) is 4.33. The van der Waals surface area contributed by atoms with E-state index >= 15 is 0 Å². The summed E-state index contributed by atoms with van der Waals surface area (Å²) in [6.07, 6.45) is 0. The van der Waals surface area contributed by atoms with Crippen molar-refractivity contribution in [1.29, 1.82) is 0 Å². The normalized spacial score (nSPS) is 14.9. The van der Waals surface area contributed by atoms with Crippen molar-refractivity contribution in [2.75, 3.05) is 31.1 Å². The fraction of sp³-hybridized carbons (Fsp3) is 0.217. The third kappa shape index (κ3) is 4.30. The quantitative estimate of drug-likeness (QED) is 0.482. The van der Waals surface area contributed by atoms with Crippen molar-refractivity contribution < 1.29 is 5.11 Å². The van der Waals surface area contributed by atoms with Gasteiger partial charge in [0, 0.05) is 41.8 Å². The molecule has 0 spiro atoms. The number of phenolic OH excluding ortho intramolecular Hbond substituents is 1. The van der Waals surface area contributed by atoms with E-state index in [4.69, 9.17) is 16.6 Å². The molecule has 3 heterocycles. The number of nitrogens with one attached hydrogen (secondary N) is 1. The van der Waals surface area contributed by atoms with E-state index in [9.17, 15) is 9.90 Å². The molecule has 31 heavy (non-hydrogen) atoms. The first-order valence-corrected chi connectivity index (χ1v) is 11.3. The number of halogens is 1. The Labute approximate surface area is 188 Å². The molecule has 0 saturated carbocycles. The molecule has 5 rings (SSSR count). The number of thiophene rings is 1. The number of anilines is 1. The van der Waals surface area contributed by atoms with Crippen LogP contribution in [0.25, 0.3) is 20.7 Å². The van der Waals surface area contributed by atoms with Gasteiger partial charge in [-0.1, -0.05) is 23.7 Å². The Morgan fingerprint density at radius 3 is 2.45 bits per heavy atom. The average molecular weight is 453 g/mol. The molecule has 6 nitrogen and oxygen atoms in total. The van der Waals surface area contributed by atoms with Gasteiger partial charge in [0.05, 0.1) is 12.1 Å². The third-order valence-corrected chi connectivity index (χ3v) is 6.95. The number of benzene rings is 2. The van der Waals surface area contributed by atoms with Gasteiger partial charge in [-0.15, -0.1) is 11.3 Å². The SMILES string of the molecule is O=c1[nH]c(CN2CCN(c3ccc(O)cc3)CC2)nc2cc(-c3ccc(Cl)cc3)sc12. The van der Waals surface area contributed by atoms with Gasteiger partial charge < -0.3 is 15.0 Å². The fourth-order valence-corrected chi connectivity index (χ4v) is 4.98. The maximum atomic E-state index is 12.7. The predicted molar refractivity (Wildman–Crippen MR) is 126 cm³/mol. The van der Waals surface area contributed by atoms with Gasteiger partial charge in [-0.3, -0.25) is 9.69 Å². The fourth-order valence-electron chi connectivity index (χ4n) is 3.86. The lowest BCUT2D eigenvalue weighted by atomic mass is 10.2. The Balaban J connectivity index is 1.30. The van der Waals surface area contributed by atoms with Gasteiger partial charge in [0.1, 0.15) is 16.3 Å². The van der Waals surface area contributed by atoms with Gasteiger partial charge in [0.2, 0.25) is 0 Å². The summed E-state index contributed by atoms with van der Waals surface area (Å²) in [5.41, 5.74) is 2.78. The van der Waals surface area contributed by atoms with Crippen molar-refractivity contribution in [3.05, 3.63) is 75.8 Å². The van der Waals surface area contributed by atoms with Crippen LogP contribution in [0.4, 0.5) is 5.69 Å². The molecule has 0 atom stereocenters. The van der Waals surface area contributed by atoms with Crippen LogP contribution in [0.15, 0.2) is 59.4 Å². The van der Waals surface area contributed by atoms with Crippen LogP contribution in [-0.2, 0) is 6.54 Å². The molecule has 0 bridgehead atoms. The lowest BCUT2D eigenvalue weighted by Crippen LogP contribution is -2.46. The molecule has 2 N–H and O–H groups in total. The molecule has 4 aromatic rings. The van der Waals surface area contributed by atoms with E-state index in [1.54, 1.807) is 12.1 Å². The minimum atomic E-state index is -0.0899. The van der Waals surface area contributed by atoms with Gasteiger partial charge in [0.15, 0.2) is 0 Å². The molecule has 0 radical (unpaired) electrons. The van der Waals surface area contributed by atoms with E-state index in [0.717, 1.165) is 47.8 Å². The van der Waals surface area contributed by atoms with Crippen molar-refractivity contribution in [3.63, 3.8) is 0 Å². The summed E-state index contributed by atoms with van der Waals surface area (Å²) >= 11 is 7.43. The van der Waals surface area contributed by atoms with Crippen molar-refractivity contribution in [2.45, 2.75) is 6.54 Å². The Morgan fingerprint density at radius 1 is 1.03 bits per heavy atom.